The van der Waals surface area contributed by atoms with Crippen LogP contribution >= 0.6 is 32.9 Å². The molecule has 13 N–H and O–H groups in total. The summed E-state index contributed by atoms with van der Waals surface area (Å²) in [5.41, 5.74) is 0.947. The molecular weight excluding hydrogens is 1190 g/mol. The van der Waals surface area contributed by atoms with Crippen LogP contribution in [0.1, 0.15) is 91.3 Å². The lowest BCUT2D eigenvalue weighted by Crippen LogP contribution is -2.62. The number of aromatic amines is 1. The Morgan fingerprint density at radius 1 is 0.670 bits per heavy atom. The molecule has 24 nitrogen and oxygen atoms in total. The molecule has 0 aliphatic carbocycles. The summed E-state index contributed by atoms with van der Waals surface area (Å²) in [4.78, 5) is 131. The summed E-state index contributed by atoms with van der Waals surface area (Å²) in [5, 5.41) is 59.7. The van der Waals surface area contributed by atoms with Gasteiger partial charge in [-0.3, -0.25) is 33.6 Å². The summed E-state index contributed by atoms with van der Waals surface area (Å²) in [6.45, 7) is 12.5. The van der Waals surface area contributed by atoms with Crippen LogP contribution in [0, 0.1) is 0 Å². The minimum absolute atomic E-state index is 0.0312. The molecule has 1 aliphatic heterocycles. The van der Waals surface area contributed by atoms with E-state index in [1.54, 1.807) is 84.1 Å². The number of carboxylic acids is 1. The maximum Gasteiger partial charge on any atom is 0.408 e. The highest BCUT2D eigenvalue weighted by atomic mass is 33.1. The standard InChI is InChI=1S/C61H82N10O14S3/c1-34(72)49-56(79)65-39(30-64-50(35(2)73)57(80)81)32-87-88-33-47(69-52(75)44(26-36-18-10-9-11-19-36)70-59(83)85-61(6,7)8)55(78)68-46(28-38-31-86-48-24-15-13-21-41(38)48)54(77)67-45(27-37-29-63-42-22-14-12-20-40(37)42)53(76)66-43(51(74)71-49)23-16-17-25-62-58(82)84-60(3,4)5/h9-15,18-22,24,29,31,34-35,39,43-47,49-50,63-64,72-73H,16-17,23,25-28,30,32-33H2,1-8H3,(H,62,82)(H,65,79)(H,66,76)(H,67,77)(H,68,78)(H,69,75)(H,70,83)(H,71,74)(H,80,81)/t34-,35-,39?,43+,44-,45-,46+,47+,49+,50+/m1/s1. The molecule has 6 rings (SSSR count). The van der Waals surface area contributed by atoms with Gasteiger partial charge in [0.15, 0.2) is 0 Å². The molecule has 10 atom stereocenters. The van der Waals surface area contributed by atoms with E-state index in [1.165, 1.54) is 25.2 Å². The molecule has 8 amide bonds. The van der Waals surface area contributed by atoms with Crippen LogP contribution in [0.15, 0.2) is 90.4 Å². The van der Waals surface area contributed by atoms with Crippen LogP contribution < -0.4 is 47.9 Å². The number of carboxylic acid groups (broad SMARTS) is 1. The maximum atomic E-state index is 15.3. The van der Waals surface area contributed by atoms with E-state index in [-0.39, 0.29) is 63.1 Å². The van der Waals surface area contributed by atoms with Crippen LogP contribution in [0.5, 0.6) is 0 Å². The third-order valence-electron chi connectivity index (χ3n) is 13.8. The number of carbonyl (C=O) groups excluding carboxylic acids is 8. The number of thiophene rings is 1. The molecule has 0 saturated carbocycles. The minimum atomic E-state index is -1.67. The number of unbranched alkanes of at least 4 members (excludes halogenated alkanes) is 1. The number of aliphatic hydroxyl groups is 2. The minimum Gasteiger partial charge on any atom is -0.480 e. The third kappa shape index (κ3) is 22.0. The molecule has 1 unspecified atom stereocenters. The second-order valence-corrected chi connectivity index (χ2v) is 27.0. The zero-order chi connectivity index (χ0) is 64.3. The number of carbonyl (C=O) groups is 9. The first-order valence-electron chi connectivity index (χ1n) is 29.0. The number of hydrogen-bond acceptors (Lipinski definition) is 17. The number of fused-ring (bicyclic) bond motifs is 2. The first kappa shape index (κ1) is 69.7. The Hall–Kier alpha value is -7.43. The lowest BCUT2D eigenvalue weighted by molar-refractivity contribution is -0.142. The molecule has 2 aromatic heterocycles. The summed E-state index contributed by atoms with van der Waals surface area (Å²) < 4.78 is 11.8. The third-order valence-corrected chi connectivity index (χ3v) is 17.3. The van der Waals surface area contributed by atoms with Crippen LogP contribution in [-0.2, 0) is 62.3 Å². The van der Waals surface area contributed by atoms with E-state index in [9.17, 15) is 44.1 Å². The first-order chi connectivity index (χ1) is 41.6. The molecule has 88 heavy (non-hydrogen) atoms. The fraction of sp³-hybridized carbons (Fsp3) is 0.492. The maximum absolute atomic E-state index is 15.3. The lowest BCUT2D eigenvalue weighted by atomic mass is 10.0. The van der Waals surface area contributed by atoms with Gasteiger partial charge in [-0.1, -0.05) is 88.3 Å². The summed E-state index contributed by atoms with van der Waals surface area (Å²) in [7, 11) is 2.16. The first-order valence-corrected chi connectivity index (χ1v) is 32.4. The van der Waals surface area contributed by atoms with Crippen molar-refractivity contribution in [1.82, 2.24) is 52.8 Å². The molecule has 5 aromatic rings. The number of aromatic nitrogens is 1. The van der Waals surface area contributed by atoms with Gasteiger partial charge in [0, 0.05) is 65.7 Å². The van der Waals surface area contributed by atoms with Gasteiger partial charge in [0.25, 0.3) is 0 Å². The average Bonchev–Trinajstić information content (AvgIpc) is 4.25. The molecule has 27 heteroatoms. The average molecular weight is 1280 g/mol. The molecule has 3 aromatic carbocycles. The van der Waals surface area contributed by atoms with E-state index >= 15 is 14.4 Å². The van der Waals surface area contributed by atoms with Gasteiger partial charge < -0.3 is 77.6 Å². The number of para-hydroxylation sites is 1. The number of aliphatic hydroxyl groups excluding tert-OH is 2. The summed E-state index contributed by atoms with van der Waals surface area (Å²) in [6, 6.07) is 12.4. The molecule has 478 valence electrons. The number of nitrogens with one attached hydrogen (secondary N) is 10. The van der Waals surface area contributed by atoms with Gasteiger partial charge in [-0.2, -0.15) is 0 Å². The summed E-state index contributed by atoms with van der Waals surface area (Å²) in [5.74, 6) is -6.74. The zero-order valence-corrected chi connectivity index (χ0v) is 53.0. The Morgan fingerprint density at radius 2 is 1.26 bits per heavy atom. The van der Waals surface area contributed by atoms with Crippen molar-refractivity contribution < 1.29 is 67.9 Å². The Morgan fingerprint density at radius 3 is 1.92 bits per heavy atom. The molecule has 0 spiro atoms. The smallest absolute Gasteiger partial charge is 0.408 e. The van der Waals surface area contributed by atoms with Crippen LogP contribution in [-0.4, -0.2) is 170 Å². The van der Waals surface area contributed by atoms with Gasteiger partial charge >= 0.3 is 18.2 Å². The predicted octanol–water partition coefficient (Wildman–Crippen LogP) is 4.11. The normalized spacial score (nSPS) is 21.0. The monoisotopic (exact) mass is 1270 g/mol. The second kappa shape index (κ2) is 32.7. The highest BCUT2D eigenvalue weighted by Crippen LogP contribution is 2.28. The van der Waals surface area contributed by atoms with Crippen molar-refractivity contribution in [3.8, 4) is 0 Å². The van der Waals surface area contributed by atoms with E-state index < -0.39 is 125 Å². The van der Waals surface area contributed by atoms with Gasteiger partial charge in [0.1, 0.15) is 53.5 Å². The van der Waals surface area contributed by atoms with Crippen molar-refractivity contribution in [2.45, 2.75) is 166 Å². The number of amides is 8. The lowest BCUT2D eigenvalue weighted by Gasteiger charge is -2.29. The van der Waals surface area contributed by atoms with Gasteiger partial charge in [-0.15, -0.1) is 11.3 Å². The van der Waals surface area contributed by atoms with Crippen molar-refractivity contribution in [2.24, 2.45) is 0 Å². The van der Waals surface area contributed by atoms with Crippen molar-refractivity contribution in [3.63, 3.8) is 0 Å². The molecular formula is C61H82N10O14S3. The van der Waals surface area contributed by atoms with Gasteiger partial charge in [-0.05, 0) is 114 Å². The number of benzene rings is 3. The van der Waals surface area contributed by atoms with Gasteiger partial charge in [0.2, 0.25) is 35.4 Å². The van der Waals surface area contributed by atoms with Crippen molar-refractivity contribution in [2.75, 3.05) is 24.6 Å². The van der Waals surface area contributed by atoms with Crippen molar-refractivity contribution in [3.05, 3.63) is 107 Å². The molecule has 1 saturated heterocycles. The van der Waals surface area contributed by atoms with Crippen molar-refractivity contribution in [1.29, 1.82) is 0 Å². The van der Waals surface area contributed by atoms with E-state index in [1.807, 2.05) is 47.8 Å². The number of alkyl carbamates (subject to hydrolysis) is 2. The number of aliphatic carboxylic acids is 1. The Bertz CT molecular complexity index is 3200. The Balaban J connectivity index is 1.43. The van der Waals surface area contributed by atoms with Crippen LogP contribution in [0.2, 0.25) is 0 Å². The highest BCUT2D eigenvalue weighted by Gasteiger charge is 2.37. The van der Waals surface area contributed by atoms with E-state index in [2.05, 4.69) is 52.8 Å². The van der Waals surface area contributed by atoms with Gasteiger partial charge in [0.05, 0.1) is 18.2 Å². The van der Waals surface area contributed by atoms with E-state index in [0.717, 1.165) is 42.6 Å². The van der Waals surface area contributed by atoms with E-state index in [4.69, 9.17) is 9.47 Å². The van der Waals surface area contributed by atoms with Crippen LogP contribution in [0.3, 0.4) is 0 Å². The number of hydrogen-bond donors (Lipinski definition) is 13. The molecule has 3 heterocycles. The number of H-pyrrole nitrogens is 1. The molecule has 1 fully saturated rings. The van der Waals surface area contributed by atoms with E-state index in [0.29, 0.717) is 16.7 Å². The summed E-state index contributed by atoms with van der Waals surface area (Å²) in [6.07, 6.45) is -2.70. The summed E-state index contributed by atoms with van der Waals surface area (Å²) >= 11 is 1.42. The zero-order valence-electron chi connectivity index (χ0n) is 50.6. The predicted molar refractivity (Wildman–Crippen MR) is 338 cm³/mol. The Kier molecular flexibility index (Phi) is 25.9. The SMILES string of the molecule is C[C@@H](O)[C@H](NCC1CSSC[C@H](NC(=O)[C@@H](Cc2ccccc2)NC(=O)OC(C)(C)C)C(=O)N[C@@H](Cc2csc3ccccc23)C(=O)N[C@H](Cc2c[nH]c3ccccc23)C(=O)N[C@@H](CCCCNC(=O)OC(C)(C)C)C(=O)N[C@@H]([C@@H](C)O)C(=O)N1)C(=O)O. The topological polar surface area (TPSA) is 357 Å². The van der Waals surface area contributed by atoms with Gasteiger partial charge in [-0.25, -0.2) is 9.59 Å². The molecule has 0 radical (unpaired) electrons. The van der Waals surface area contributed by atoms with Crippen LogP contribution in [0.4, 0.5) is 9.59 Å². The van der Waals surface area contributed by atoms with Crippen LogP contribution in [0.25, 0.3) is 21.0 Å². The van der Waals surface area contributed by atoms with Crippen molar-refractivity contribution >= 4 is 108 Å². The second-order valence-electron chi connectivity index (χ2n) is 23.5. The largest absolute Gasteiger partial charge is 0.480 e. The molecule has 1 aliphatic rings. The fourth-order valence-electron chi connectivity index (χ4n) is 9.46. The molecule has 0 bridgehead atoms. The number of ether oxygens (including phenoxy) is 2. The fourth-order valence-corrected chi connectivity index (χ4v) is 12.8. The quantitative estimate of drug-likeness (QED) is 0.0385. The number of rotatable bonds is 20. The Labute approximate surface area is 523 Å². The highest BCUT2D eigenvalue weighted by molar-refractivity contribution is 8.76.